The quantitative estimate of drug-likeness (QED) is 0.375. The first-order chi connectivity index (χ1) is 16.2. The molecular weight excluding hydrogens is 472 g/mol. The lowest BCUT2D eigenvalue weighted by molar-refractivity contribution is 0.345. The Morgan fingerprint density at radius 1 is 1.24 bits per heavy atom. The van der Waals surface area contributed by atoms with E-state index in [-0.39, 0.29) is 6.04 Å². The lowest BCUT2D eigenvalue weighted by Gasteiger charge is -2.40. The number of sulfonamides is 1. The zero-order chi connectivity index (χ0) is 24.5. The molecule has 0 bridgehead atoms. The van der Waals surface area contributed by atoms with Gasteiger partial charge in [-0.1, -0.05) is 11.3 Å². The standard InChI is InChI=1S/C22H28N8O2S2/c1-14-13-29(34(5,31)32)10-11-30(14)17-8-9-24-20(12-17)27-22-26-19-7-6-18(25-21(19)33-22)15(2)16(3)28-23-4/h6-9,12,14,28H,4,10-11,13H2,1-3,5H3,(H,24,26,27)/b16-15+/t14-/m0/s1. The molecule has 2 N–H and O–H groups in total. The van der Waals surface area contributed by atoms with Gasteiger partial charge in [-0.3, -0.25) is 5.43 Å². The zero-order valence-electron chi connectivity index (χ0n) is 19.6. The highest BCUT2D eigenvalue weighted by atomic mass is 32.2. The van der Waals surface area contributed by atoms with Gasteiger partial charge in [0.15, 0.2) is 5.13 Å². The molecular formula is C22H28N8O2S2. The van der Waals surface area contributed by atoms with E-state index in [0.717, 1.165) is 33.0 Å². The highest BCUT2D eigenvalue weighted by Crippen LogP contribution is 2.30. The molecule has 0 amide bonds. The fourth-order valence-corrected chi connectivity index (χ4v) is 5.60. The summed E-state index contributed by atoms with van der Waals surface area (Å²) in [5, 5.41) is 7.70. The highest BCUT2D eigenvalue weighted by molar-refractivity contribution is 7.88. The normalized spacial score (nSPS) is 18.0. The molecule has 1 aliphatic rings. The topological polar surface area (TPSA) is 116 Å². The first kappa shape index (κ1) is 24.0. The third-order valence-electron chi connectivity index (χ3n) is 5.82. The number of rotatable bonds is 7. The van der Waals surface area contributed by atoms with Crippen LogP contribution in [-0.4, -0.2) is 66.3 Å². The van der Waals surface area contributed by atoms with Gasteiger partial charge in [-0.05, 0) is 44.5 Å². The molecule has 12 heteroatoms. The molecule has 180 valence electrons. The lowest BCUT2D eigenvalue weighted by atomic mass is 10.1. The van der Waals surface area contributed by atoms with Crippen LogP contribution in [-0.2, 0) is 10.0 Å². The Bertz CT molecular complexity index is 1350. The molecule has 3 aromatic heterocycles. The summed E-state index contributed by atoms with van der Waals surface area (Å²) in [5.41, 5.74) is 7.36. The van der Waals surface area contributed by atoms with E-state index in [2.05, 4.69) is 37.4 Å². The molecule has 1 saturated heterocycles. The third-order valence-corrected chi connectivity index (χ3v) is 7.97. The summed E-state index contributed by atoms with van der Waals surface area (Å²) in [7, 11) is -3.19. The van der Waals surface area contributed by atoms with Crippen molar-refractivity contribution in [2.75, 3.05) is 36.1 Å². The van der Waals surface area contributed by atoms with Crippen molar-refractivity contribution in [1.82, 2.24) is 24.7 Å². The minimum absolute atomic E-state index is 0.0503. The third kappa shape index (κ3) is 5.18. The Labute approximate surface area is 203 Å². The number of hydrogen-bond acceptors (Lipinski definition) is 10. The van der Waals surface area contributed by atoms with Crippen LogP contribution in [0.1, 0.15) is 26.5 Å². The summed E-state index contributed by atoms with van der Waals surface area (Å²) in [5.74, 6) is 0.669. The van der Waals surface area contributed by atoms with Gasteiger partial charge in [-0.15, -0.1) is 0 Å². The second kappa shape index (κ2) is 9.65. The predicted molar refractivity (Wildman–Crippen MR) is 139 cm³/mol. The Morgan fingerprint density at radius 3 is 2.74 bits per heavy atom. The van der Waals surface area contributed by atoms with Gasteiger partial charge in [0.1, 0.15) is 16.2 Å². The highest BCUT2D eigenvalue weighted by Gasteiger charge is 2.29. The van der Waals surface area contributed by atoms with Crippen molar-refractivity contribution < 1.29 is 8.42 Å². The second-order valence-corrected chi connectivity index (χ2v) is 11.2. The van der Waals surface area contributed by atoms with Crippen molar-refractivity contribution >= 4 is 60.6 Å². The molecule has 3 aromatic rings. The first-order valence-corrected chi connectivity index (χ1v) is 13.4. The number of allylic oxidation sites excluding steroid dienone is 2. The summed E-state index contributed by atoms with van der Waals surface area (Å²) in [6.45, 7) is 10.9. The average Bonchev–Trinajstić information content (AvgIpc) is 3.19. The maximum absolute atomic E-state index is 11.9. The summed E-state index contributed by atoms with van der Waals surface area (Å²) >= 11 is 1.45. The van der Waals surface area contributed by atoms with E-state index >= 15 is 0 Å². The maximum atomic E-state index is 11.9. The number of thiazole rings is 1. The van der Waals surface area contributed by atoms with Crippen LogP contribution < -0.4 is 15.6 Å². The molecule has 0 saturated carbocycles. The Kier molecular flexibility index (Phi) is 6.82. The molecule has 0 unspecified atom stereocenters. The number of piperazine rings is 1. The van der Waals surface area contributed by atoms with Gasteiger partial charge in [-0.2, -0.15) is 9.41 Å². The minimum Gasteiger partial charge on any atom is -0.366 e. The van der Waals surface area contributed by atoms with Crippen LogP contribution in [0.15, 0.2) is 41.3 Å². The molecule has 0 aromatic carbocycles. The van der Waals surface area contributed by atoms with E-state index in [0.29, 0.717) is 30.6 Å². The fourth-order valence-electron chi connectivity index (χ4n) is 3.86. The number of hydrazone groups is 1. The molecule has 1 fully saturated rings. The van der Waals surface area contributed by atoms with Gasteiger partial charge in [0.25, 0.3) is 0 Å². The van der Waals surface area contributed by atoms with Gasteiger partial charge in [0.05, 0.1) is 11.9 Å². The Hall–Kier alpha value is -3.09. The number of pyridine rings is 2. The van der Waals surface area contributed by atoms with Crippen LogP contribution in [0, 0.1) is 0 Å². The summed E-state index contributed by atoms with van der Waals surface area (Å²) in [6, 6.07) is 7.83. The molecule has 0 aliphatic carbocycles. The van der Waals surface area contributed by atoms with E-state index in [4.69, 9.17) is 4.98 Å². The monoisotopic (exact) mass is 500 g/mol. The summed E-state index contributed by atoms with van der Waals surface area (Å²) < 4.78 is 25.3. The van der Waals surface area contributed by atoms with Gasteiger partial charge in [0.2, 0.25) is 10.0 Å². The fraction of sp³-hybridized carbons (Fsp3) is 0.364. The Morgan fingerprint density at radius 2 is 2.03 bits per heavy atom. The van der Waals surface area contributed by atoms with Crippen molar-refractivity contribution in [3.8, 4) is 0 Å². The van der Waals surface area contributed by atoms with Crippen LogP contribution in [0.3, 0.4) is 0 Å². The lowest BCUT2D eigenvalue weighted by Crippen LogP contribution is -2.53. The minimum atomic E-state index is -3.19. The summed E-state index contributed by atoms with van der Waals surface area (Å²) in [6.07, 6.45) is 3.00. The molecule has 10 nitrogen and oxygen atoms in total. The molecule has 1 aliphatic heterocycles. The second-order valence-electron chi connectivity index (χ2n) is 8.25. The van der Waals surface area contributed by atoms with Crippen LogP contribution in [0.25, 0.3) is 15.9 Å². The SMILES string of the molecule is C=NN/C(C)=C(\C)c1ccc2nc(Nc3cc(N4CCN(S(C)(=O)=O)C[C@@H]4C)ccn3)sc2n1. The van der Waals surface area contributed by atoms with Crippen LogP contribution >= 0.6 is 11.3 Å². The van der Waals surface area contributed by atoms with Gasteiger partial charge in [-0.25, -0.2) is 23.4 Å². The molecule has 0 radical (unpaired) electrons. The maximum Gasteiger partial charge on any atom is 0.211 e. The van der Waals surface area contributed by atoms with E-state index in [1.165, 1.54) is 21.9 Å². The number of aromatic nitrogens is 3. The van der Waals surface area contributed by atoms with E-state index in [1.807, 2.05) is 45.0 Å². The van der Waals surface area contributed by atoms with E-state index < -0.39 is 10.0 Å². The van der Waals surface area contributed by atoms with Crippen molar-refractivity contribution in [2.24, 2.45) is 5.10 Å². The smallest absolute Gasteiger partial charge is 0.211 e. The molecule has 0 spiro atoms. The predicted octanol–water partition coefficient (Wildman–Crippen LogP) is 3.26. The zero-order valence-corrected chi connectivity index (χ0v) is 21.2. The molecule has 4 heterocycles. The van der Waals surface area contributed by atoms with Crippen LogP contribution in [0.5, 0.6) is 0 Å². The number of anilines is 3. The van der Waals surface area contributed by atoms with Crippen LogP contribution in [0.4, 0.5) is 16.6 Å². The molecule has 34 heavy (non-hydrogen) atoms. The number of nitrogens with zero attached hydrogens (tertiary/aromatic N) is 6. The van der Waals surface area contributed by atoms with Crippen molar-refractivity contribution in [1.29, 1.82) is 0 Å². The average molecular weight is 501 g/mol. The molecule has 1 atom stereocenters. The molecule has 4 rings (SSSR count). The van der Waals surface area contributed by atoms with Gasteiger partial charge in [0, 0.05) is 56.0 Å². The van der Waals surface area contributed by atoms with Crippen molar-refractivity contribution in [3.05, 3.63) is 41.9 Å². The van der Waals surface area contributed by atoms with Crippen molar-refractivity contribution in [2.45, 2.75) is 26.8 Å². The largest absolute Gasteiger partial charge is 0.366 e. The van der Waals surface area contributed by atoms with Gasteiger partial charge < -0.3 is 10.2 Å². The number of nitrogens with one attached hydrogen (secondary N) is 2. The Balaban J connectivity index is 1.52. The number of fused-ring (bicyclic) bond motifs is 1. The van der Waals surface area contributed by atoms with E-state index in [9.17, 15) is 8.42 Å². The first-order valence-electron chi connectivity index (χ1n) is 10.8. The van der Waals surface area contributed by atoms with Crippen LogP contribution in [0.2, 0.25) is 0 Å². The van der Waals surface area contributed by atoms with Gasteiger partial charge >= 0.3 is 0 Å². The van der Waals surface area contributed by atoms with Crippen molar-refractivity contribution in [3.63, 3.8) is 0 Å². The van der Waals surface area contributed by atoms with E-state index in [1.54, 1.807) is 6.20 Å². The summed E-state index contributed by atoms with van der Waals surface area (Å²) in [4.78, 5) is 16.8. The number of hydrogen-bond donors (Lipinski definition) is 2.